The van der Waals surface area contributed by atoms with Gasteiger partial charge in [-0.2, -0.15) is 0 Å². The Balaban J connectivity index is 1.95. The molecule has 0 amide bonds. The summed E-state index contributed by atoms with van der Waals surface area (Å²) in [7, 11) is 0. The first-order valence-corrected chi connectivity index (χ1v) is 8.19. The quantitative estimate of drug-likeness (QED) is 0.326. The van der Waals surface area contributed by atoms with Gasteiger partial charge in [0.1, 0.15) is 23.2 Å². The molecule has 5 N–H and O–H groups in total. The van der Waals surface area contributed by atoms with Crippen LogP contribution in [0.25, 0.3) is 11.0 Å². The lowest BCUT2D eigenvalue weighted by Gasteiger charge is -2.32. The number of aliphatic hydroxyl groups excluding tert-OH is 1. The number of phenols is 3. The van der Waals surface area contributed by atoms with Gasteiger partial charge < -0.3 is 34.7 Å². The van der Waals surface area contributed by atoms with Crippen LogP contribution in [0.3, 0.4) is 0 Å². The van der Waals surface area contributed by atoms with Crippen LogP contribution >= 0.6 is 0 Å². The van der Waals surface area contributed by atoms with Gasteiger partial charge in [0.2, 0.25) is 0 Å². The molecule has 0 radical (unpaired) electrons. The van der Waals surface area contributed by atoms with E-state index < -0.39 is 29.6 Å². The van der Waals surface area contributed by atoms with E-state index in [4.69, 9.17) is 9.15 Å². The molecule has 0 saturated heterocycles. The van der Waals surface area contributed by atoms with Gasteiger partial charge in [0.15, 0.2) is 11.5 Å². The third-order valence-electron chi connectivity index (χ3n) is 4.63. The highest BCUT2D eigenvalue weighted by atomic mass is 16.5. The zero-order valence-corrected chi connectivity index (χ0v) is 14.1. The summed E-state index contributed by atoms with van der Waals surface area (Å²) in [6.07, 6.45) is -2.25. The molecule has 0 unspecified atom stereocenters. The molecule has 9 heteroatoms. The van der Waals surface area contributed by atoms with Gasteiger partial charge in [-0.15, -0.1) is 0 Å². The molecule has 0 fully saturated rings. The highest BCUT2D eigenvalue weighted by molar-refractivity contribution is 6.05. The predicted molar refractivity (Wildman–Crippen MR) is 94.0 cm³/mol. The molecule has 0 aliphatic carbocycles. The van der Waals surface area contributed by atoms with E-state index in [2.05, 4.69) is 0 Å². The molecule has 1 aliphatic heterocycles. The van der Waals surface area contributed by atoms with E-state index >= 15 is 0 Å². The lowest BCUT2D eigenvalue weighted by atomic mass is 9.92. The Labute approximate surface area is 156 Å². The number of hydrogen-bond donors (Lipinski definition) is 5. The summed E-state index contributed by atoms with van der Waals surface area (Å²) in [6, 6.07) is 5.76. The maximum Gasteiger partial charge on any atom is 0.337 e. The van der Waals surface area contributed by atoms with Crippen LogP contribution in [-0.4, -0.2) is 37.6 Å². The van der Waals surface area contributed by atoms with Crippen LogP contribution in [-0.2, 0) is 6.42 Å². The Bertz CT molecular complexity index is 1180. The maximum absolute atomic E-state index is 11.7. The molecule has 28 heavy (non-hydrogen) atoms. The summed E-state index contributed by atoms with van der Waals surface area (Å²) < 4.78 is 10.8. The van der Waals surface area contributed by atoms with Crippen LogP contribution in [0, 0.1) is 0 Å². The molecule has 0 saturated carbocycles. The number of phenolic OH excluding ortho intramolecular Hbond substituents is 3. The third kappa shape index (κ3) is 2.69. The van der Waals surface area contributed by atoms with Crippen LogP contribution in [0.2, 0.25) is 0 Å². The van der Waals surface area contributed by atoms with Gasteiger partial charge in [-0.25, -0.2) is 9.59 Å². The number of ether oxygens (including phenoxy) is 1. The fourth-order valence-electron chi connectivity index (χ4n) is 3.35. The second-order valence-corrected chi connectivity index (χ2v) is 6.42. The molecule has 2 atom stereocenters. The number of carboxylic acid groups (broad SMARTS) is 1. The highest BCUT2D eigenvalue weighted by Crippen LogP contribution is 2.45. The maximum atomic E-state index is 11.7. The van der Waals surface area contributed by atoms with Crippen LogP contribution in [0.15, 0.2) is 39.5 Å². The van der Waals surface area contributed by atoms with Crippen molar-refractivity contribution in [3.05, 3.63) is 57.4 Å². The summed E-state index contributed by atoms with van der Waals surface area (Å²) in [5.74, 6) is -2.53. The average Bonchev–Trinajstić information content (AvgIpc) is 2.63. The van der Waals surface area contributed by atoms with Crippen molar-refractivity contribution in [3.63, 3.8) is 0 Å². The normalized spacial score (nSPS) is 18.5. The van der Waals surface area contributed by atoms with Crippen molar-refractivity contribution in [1.29, 1.82) is 0 Å². The number of fused-ring (bicyclic) bond motifs is 3. The predicted octanol–water partition coefficient (Wildman–Crippen LogP) is 1.65. The van der Waals surface area contributed by atoms with Gasteiger partial charge >= 0.3 is 11.6 Å². The van der Waals surface area contributed by atoms with Gasteiger partial charge in [0, 0.05) is 24.1 Å². The lowest BCUT2D eigenvalue weighted by molar-refractivity contribution is 0.0209. The standard InChI is InChI=1S/C19H14O9/c20-10-2-1-7(3-12(10)22)17-13(23)4-8-11(21)6-14-16(18(8)28-17)9(19(25)26)5-15(24)27-14/h1-3,5-6,13,17,20-23H,4H2,(H,25,26)/t13-,17-/m1/s1. The lowest BCUT2D eigenvalue weighted by Crippen LogP contribution is -2.30. The molecule has 2 heterocycles. The Morgan fingerprint density at radius 3 is 2.46 bits per heavy atom. The molecule has 2 aromatic carbocycles. The first-order chi connectivity index (χ1) is 13.3. The van der Waals surface area contributed by atoms with Crippen LogP contribution < -0.4 is 10.4 Å². The topological polar surface area (TPSA) is 158 Å². The summed E-state index contributed by atoms with van der Waals surface area (Å²) in [5, 5.41) is 49.4. The minimum absolute atomic E-state index is 0.0280. The van der Waals surface area contributed by atoms with Gasteiger partial charge in [-0.1, -0.05) is 6.07 Å². The molecule has 0 spiro atoms. The molecule has 1 aromatic heterocycles. The zero-order chi connectivity index (χ0) is 20.2. The largest absolute Gasteiger partial charge is 0.507 e. The minimum atomic E-state index is -1.39. The molecule has 4 rings (SSSR count). The summed E-state index contributed by atoms with van der Waals surface area (Å²) in [6.45, 7) is 0. The Hall–Kier alpha value is -3.72. The third-order valence-corrected chi connectivity index (χ3v) is 4.63. The average molecular weight is 386 g/mol. The van der Waals surface area contributed by atoms with Crippen molar-refractivity contribution in [2.45, 2.75) is 18.6 Å². The minimum Gasteiger partial charge on any atom is -0.507 e. The Morgan fingerprint density at radius 2 is 1.79 bits per heavy atom. The van der Waals surface area contributed by atoms with Crippen LogP contribution in [0.4, 0.5) is 0 Å². The van der Waals surface area contributed by atoms with E-state index in [1.165, 1.54) is 18.2 Å². The first-order valence-electron chi connectivity index (χ1n) is 8.19. The Kier molecular flexibility index (Phi) is 3.90. The van der Waals surface area contributed by atoms with Crippen molar-refractivity contribution in [2.24, 2.45) is 0 Å². The molecule has 144 valence electrons. The van der Waals surface area contributed by atoms with Gasteiger partial charge in [0.25, 0.3) is 0 Å². The van der Waals surface area contributed by atoms with Crippen molar-refractivity contribution in [1.82, 2.24) is 0 Å². The number of rotatable bonds is 2. The van der Waals surface area contributed by atoms with E-state index in [1.807, 2.05) is 0 Å². The molecule has 9 nitrogen and oxygen atoms in total. The summed E-state index contributed by atoms with van der Waals surface area (Å²) in [5.41, 5.74) is -0.967. The summed E-state index contributed by atoms with van der Waals surface area (Å²) >= 11 is 0. The molecular weight excluding hydrogens is 372 g/mol. The number of aliphatic hydroxyl groups is 1. The first kappa shape index (κ1) is 17.7. The van der Waals surface area contributed by atoms with E-state index in [1.54, 1.807) is 0 Å². The fourth-order valence-corrected chi connectivity index (χ4v) is 3.35. The smallest absolute Gasteiger partial charge is 0.337 e. The van der Waals surface area contributed by atoms with Gasteiger partial charge in [-0.3, -0.25) is 0 Å². The highest BCUT2D eigenvalue weighted by Gasteiger charge is 2.35. The SMILES string of the molecule is O=C(O)c1cc(=O)oc2cc(O)c3c(c12)O[C@H](c1ccc(O)c(O)c1)[C@H](O)C3. The number of hydrogen-bond acceptors (Lipinski definition) is 8. The number of aromatic hydroxyl groups is 3. The van der Waals surface area contributed by atoms with E-state index in [0.29, 0.717) is 5.56 Å². The van der Waals surface area contributed by atoms with Gasteiger partial charge in [0.05, 0.1) is 17.1 Å². The van der Waals surface area contributed by atoms with Crippen molar-refractivity contribution in [3.8, 4) is 23.0 Å². The van der Waals surface area contributed by atoms with Crippen LogP contribution in [0.5, 0.6) is 23.0 Å². The van der Waals surface area contributed by atoms with Gasteiger partial charge in [-0.05, 0) is 17.7 Å². The Morgan fingerprint density at radius 1 is 1.04 bits per heavy atom. The van der Waals surface area contributed by atoms with E-state index in [0.717, 1.165) is 12.1 Å². The molecule has 0 bridgehead atoms. The number of carbonyl (C=O) groups is 1. The van der Waals surface area contributed by atoms with E-state index in [-0.39, 0.29) is 45.8 Å². The number of benzene rings is 2. The monoisotopic (exact) mass is 386 g/mol. The molecule has 3 aromatic rings. The zero-order valence-electron chi connectivity index (χ0n) is 14.1. The molecule has 1 aliphatic rings. The van der Waals surface area contributed by atoms with Crippen molar-refractivity contribution >= 4 is 16.9 Å². The molecular formula is C19H14O9. The second-order valence-electron chi connectivity index (χ2n) is 6.42. The van der Waals surface area contributed by atoms with Crippen molar-refractivity contribution in [2.75, 3.05) is 0 Å². The second kappa shape index (κ2) is 6.17. The van der Waals surface area contributed by atoms with Crippen molar-refractivity contribution < 1.29 is 39.5 Å². The van der Waals surface area contributed by atoms with E-state index in [9.17, 15) is 35.1 Å². The fraction of sp³-hybridized carbons (Fsp3) is 0.158. The van der Waals surface area contributed by atoms with Crippen LogP contribution in [0.1, 0.15) is 27.6 Å². The number of aromatic carboxylic acids is 1. The number of carboxylic acids is 1. The summed E-state index contributed by atoms with van der Waals surface area (Å²) in [4.78, 5) is 23.3.